The predicted octanol–water partition coefficient (Wildman–Crippen LogP) is 1.65. The molecule has 1 aliphatic heterocycles. The number of ether oxygens (including phenoxy) is 1. The Kier molecular flexibility index (Phi) is 6.78. The summed E-state index contributed by atoms with van der Waals surface area (Å²) < 4.78 is 5.11. The second kappa shape index (κ2) is 9.68. The summed E-state index contributed by atoms with van der Waals surface area (Å²) in [6, 6.07) is 9.86. The second-order valence-electron chi connectivity index (χ2n) is 6.77. The number of carbonyl (C=O) groups excluding carboxylic acids is 3. The smallest absolute Gasteiger partial charge is 0.325 e. The van der Waals surface area contributed by atoms with E-state index in [1.54, 1.807) is 31.6 Å². The van der Waals surface area contributed by atoms with Gasteiger partial charge in [-0.25, -0.2) is 4.79 Å². The Morgan fingerprint density at radius 3 is 2.55 bits per heavy atom. The number of hydrogen-bond acceptors (Lipinski definition) is 5. The van der Waals surface area contributed by atoms with Crippen LogP contribution in [-0.2, 0) is 22.6 Å². The van der Waals surface area contributed by atoms with Gasteiger partial charge < -0.3 is 15.4 Å². The Labute approximate surface area is 169 Å². The van der Waals surface area contributed by atoms with E-state index >= 15 is 0 Å². The normalized spacial score (nSPS) is 15.9. The van der Waals surface area contributed by atoms with Crippen LogP contribution >= 0.6 is 0 Å². The molecule has 2 aromatic rings. The van der Waals surface area contributed by atoms with Crippen LogP contribution in [0.25, 0.3) is 0 Å². The van der Waals surface area contributed by atoms with Crippen LogP contribution in [-0.4, -0.2) is 47.4 Å². The van der Waals surface area contributed by atoms with Crippen molar-refractivity contribution in [3.8, 4) is 5.75 Å². The molecule has 8 heteroatoms. The highest BCUT2D eigenvalue weighted by Crippen LogP contribution is 2.17. The van der Waals surface area contributed by atoms with Crippen molar-refractivity contribution in [1.82, 2.24) is 20.5 Å². The first-order valence-corrected chi connectivity index (χ1v) is 9.47. The third-order valence-electron chi connectivity index (χ3n) is 4.75. The average Bonchev–Trinajstić information content (AvgIpc) is 3.01. The maximum absolute atomic E-state index is 12.5. The summed E-state index contributed by atoms with van der Waals surface area (Å²) in [5.41, 5.74) is 1.91. The molecular formula is C21H24N4O4. The lowest BCUT2D eigenvalue weighted by atomic mass is 10.1. The molecule has 1 fully saturated rings. The van der Waals surface area contributed by atoms with Gasteiger partial charge in [0.1, 0.15) is 11.8 Å². The zero-order chi connectivity index (χ0) is 20.6. The second-order valence-corrected chi connectivity index (χ2v) is 6.77. The minimum Gasteiger partial charge on any atom is -0.497 e. The first-order chi connectivity index (χ1) is 14.1. The molecule has 1 aromatic heterocycles. The molecule has 3 rings (SSSR count). The number of pyridine rings is 1. The zero-order valence-electron chi connectivity index (χ0n) is 16.3. The van der Waals surface area contributed by atoms with Crippen LogP contribution in [0.3, 0.4) is 0 Å². The van der Waals surface area contributed by atoms with Crippen molar-refractivity contribution in [2.24, 2.45) is 0 Å². The maximum atomic E-state index is 12.5. The van der Waals surface area contributed by atoms with Gasteiger partial charge in [0.25, 0.3) is 5.91 Å². The summed E-state index contributed by atoms with van der Waals surface area (Å²) >= 11 is 0. The molecule has 0 bridgehead atoms. The first-order valence-electron chi connectivity index (χ1n) is 9.47. The molecule has 2 heterocycles. The van der Waals surface area contributed by atoms with E-state index in [1.165, 1.54) is 4.90 Å². The highest BCUT2D eigenvalue weighted by Gasteiger charge is 2.37. The minimum absolute atomic E-state index is 0.144. The molecule has 8 nitrogen and oxygen atoms in total. The Morgan fingerprint density at radius 1 is 1.14 bits per heavy atom. The fourth-order valence-corrected chi connectivity index (χ4v) is 3.10. The van der Waals surface area contributed by atoms with Crippen molar-refractivity contribution in [3.05, 3.63) is 59.9 Å². The quantitative estimate of drug-likeness (QED) is 0.628. The van der Waals surface area contributed by atoms with Gasteiger partial charge in [-0.1, -0.05) is 12.1 Å². The average molecular weight is 396 g/mol. The van der Waals surface area contributed by atoms with Crippen LogP contribution in [0.2, 0.25) is 0 Å². The lowest BCUT2D eigenvalue weighted by molar-refractivity contribution is -0.128. The summed E-state index contributed by atoms with van der Waals surface area (Å²) in [7, 11) is 1.58. The number of aromatic nitrogens is 1. The molecule has 0 aliphatic carbocycles. The summed E-state index contributed by atoms with van der Waals surface area (Å²) in [6.07, 6.45) is 4.57. The van der Waals surface area contributed by atoms with Gasteiger partial charge in [-0.05, 0) is 48.2 Å². The molecule has 2 N–H and O–H groups in total. The summed E-state index contributed by atoms with van der Waals surface area (Å²) in [5, 5.41) is 5.49. The number of rotatable bonds is 9. The van der Waals surface area contributed by atoms with E-state index in [1.807, 2.05) is 24.3 Å². The lowest BCUT2D eigenvalue weighted by Gasteiger charge is -2.13. The predicted molar refractivity (Wildman–Crippen MR) is 106 cm³/mol. The van der Waals surface area contributed by atoms with Crippen LogP contribution < -0.4 is 15.4 Å². The lowest BCUT2D eigenvalue weighted by Crippen LogP contribution is -2.33. The van der Waals surface area contributed by atoms with Crippen LogP contribution in [0, 0.1) is 0 Å². The van der Waals surface area contributed by atoms with Crippen molar-refractivity contribution in [2.45, 2.75) is 31.8 Å². The first kappa shape index (κ1) is 20.3. The number of urea groups is 1. The molecule has 29 heavy (non-hydrogen) atoms. The molecule has 152 valence electrons. The van der Waals surface area contributed by atoms with E-state index in [2.05, 4.69) is 15.6 Å². The molecule has 4 amide bonds. The molecule has 1 aliphatic rings. The molecule has 1 aromatic carbocycles. The minimum atomic E-state index is -0.674. The summed E-state index contributed by atoms with van der Waals surface area (Å²) in [6.45, 7) is 0.695. The monoisotopic (exact) mass is 396 g/mol. The molecule has 1 unspecified atom stereocenters. The topological polar surface area (TPSA) is 101 Å². The third-order valence-corrected chi connectivity index (χ3v) is 4.75. The molecule has 0 radical (unpaired) electrons. The molecule has 1 saturated heterocycles. The third kappa shape index (κ3) is 5.54. The number of methoxy groups -OCH3 is 1. The van der Waals surface area contributed by atoms with Gasteiger partial charge >= 0.3 is 6.03 Å². The zero-order valence-corrected chi connectivity index (χ0v) is 16.3. The molecule has 0 spiro atoms. The molecule has 1 atom stereocenters. The van der Waals surface area contributed by atoms with Gasteiger partial charge in [0.05, 0.1) is 13.7 Å². The van der Waals surface area contributed by atoms with E-state index in [0.717, 1.165) is 11.1 Å². The van der Waals surface area contributed by atoms with E-state index in [-0.39, 0.29) is 31.2 Å². The van der Waals surface area contributed by atoms with E-state index in [4.69, 9.17) is 4.74 Å². The van der Waals surface area contributed by atoms with Crippen LogP contribution in [0.4, 0.5) is 4.79 Å². The molecule has 0 saturated carbocycles. The Morgan fingerprint density at radius 2 is 1.86 bits per heavy atom. The number of hydrogen-bond donors (Lipinski definition) is 2. The van der Waals surface area contributed by atoms with Crippen molar-refractivity contribution < 1.29 is 19.1 Å². The van der Waals surface area contributed by atoms with Gasteiger partial charge in [0.2, 0.25) is 5.91 Å². The van der Waals surface area contributed by atoms with Gasteiger partial charge in [0.15, 0.2) is 0 Å². The van der Waals surface area contributed by atoms with Crippen molar-refractivity contribution in [2.75, 3.05) is 13.7 Å². The summed E-state index contributed by atoms with van der Waals surface area (Å²) in [4.78, 5) is 41.9. The highest BCUT2D eigenvalue weighted by molar-refractivity contribution is 6.04. The number of imide groups is 1. The van der Waals surface area contributed by atoms with Crippen LogP contribution in [0.1, 0.15) is 24.0 Å². The number of nitrogens with zero attached hydrogens (tertiary/aromatic N) is 2. The van der Waals surface area contributed by atoms with E-state index in [9.17, 15) is 14.4 Å². The fourth-order valence-electron chi connectivity index (χ4n) is 3.10. The largest absolute Gasteiger partial charge is 0.497 e. The number of nitrogens with one attached hydrogen (secondary N) is 2. The highest BCUT2D eigenvalue weighted by atomic mass is 16.5. The van der Waals surface area contributed by atoms with Gasteiger partial charge in [-0.3, -0.25) is 19.5 Å². The van der Waals surface area contributed by atoms with Crippen LogP contribution in [0.15, 0.2) is 48.8 Å². The van der Waals surface area contributed by atoms with Gasteiger partial charge in [-0.2, -0.15) is 0 Å². The van der Waals surface area contributed by atoms with Crippen LogP contribution in [0.5, 0.6) is 5.75 Å². The molecular weight excluding hydrogens is 372 g/mol. The fraction of sp³-hybridized carbons (Fsp3) is 0.333. The maximum Gasteiger partial charge on any atom is 0.325 e. The number of benzene rings is 1. The van der Waals surface area contributed by atoms with Crippen molar-refractivity contribution in [1.29, 1.82) is 0 Å². The van der Waals surface area contributed by atoms with Crippen molar-refractivity contribution >= 4 is 17.8 Å². The number of carbonyl (C=O) groups is 3. The number of amides is 4. The van der Waals surface area contributed by atoms with Gasteiger partial charge in [0, 0.05) is 25.4 Å². The standard InChI is InChI=1S/C21H24N4O4/c1-29-17-4-2-16(3-5-17)14-25-20(27)18(24-21(25)28)6-7-19(26)23-13-10-15-8-11-22-12-9-15/h2-5,8-9,11-12,18H,6-7,10,13-14H2,1H3,(H,23,26)(H,24,28). The van der Waals surface area contributed by atoms with E-state index in [0.29, 0.717) is 18.7 Å². The summed E-state index contributed by atoms with van der Waals surface area (Å²) in [5.74, 6) is 0.254. The Balaban J connectivity index is 1.43. The van der Waals surface area contributed by atoms with Gasteiger partial charge in [-0.15, -0.1) is 0 Å². The Hall–Kier alpha value is -3.42. The van der Waals surface area contributed by atoms with E-state index < -0.39 is 12.1 Å². The SMILES string of the molecule is COc1ccc(CN2C(=O)NC(CCC(=O)NCCc3ccncc3)C2=O)cc1. The Bertz CT molecular complexity index is 855. The van der Waals surface area contributed by atoms with Crippen molar-refractivity contribution in [3.63, 3.8) is 0 Å².